The Bertz CT molecular complexity index is 823. The zero-order valence-corrected chi connectivity index (χ0v) is 13.7. The minimum Gasteiger partial charge on any atom is -0.394 e. The molecule has 0 radical (unpaired) electrons. The van der Waals surface area contributed by atoms with Gasteiger partial charge in [0.2, 0.25) is 0 Å². The van der Waals surface area contributed by atoms with Gasteiger partial charge in [0.05, 0.1) is 12.6 Å². The van der Waals surface area contributed by atoms with E-state index in [9.17, 15) is 23.1 Å². The van der Waals surface area contributed by atoms with Gasteiger partial charge in [-0.15, -0.1) is 0 Å². The normalized spacial score (nSPS) is 24.0. The molecule has 0 saturated carbocycles. The Balaban J connectivity index is 1.87. The summed E-state index contributed by atoms with van der Waals surface area (Å²) < 4.78 is 45.2. The van der Waals surface area contributed by atoms with E-state index in [1.165, 1.54) is 6.92 Å². The fraction of sp³-hybridized carbons (Fsp3) is 0.533. The Morgan fingerprint density at radius 3 is 2.85 bits per heavy atom. The van der Waals surface area contributed by atoms with Crippen LogP contribution < -0.4 is 5.32 Å². The van der Waals surface area contributed by atoms with E-state index in [4.69, 9.17) is 9.84 Å². The van der Waals surface area contributed by atoms with Gasteiger partial charge in [-0.25, -0.2) is 9.50 Å². The van der Waals surface area contributed by atoms with E-state index in [1.807, 2.05) is 0 Å². The Hall–Kier alpha value is -2.24. The Morgan fingerprint density at radius 1 is 1.46 bits per heavy atom. The zero-order valence-electron chi connectivity index (χ0n) is 13.7. The first-order valence-corrected chi connectivity index (χ1v) is 7.86. The van der Waals surface area contributed by atoms with Crippen molar-refractivity contribution in [1.82, 2.24) is 19.9 Å². The number of ether oxygens (including phenoxy) is 1. The number of hydrogen-bond donors (Lipinski definition) is 3. The molecule has 1 amide bonds. The second kappa shape index (κ2) is 6.82. The molecule has 2 aromatic rings. The number of nitrogens with one attached hydrogen (secondary N) is 1. The lowest BCUT2D eigenvalue weighted by atomic mass is 10.00. The van der Waals surface area contributed by atoms with Crippen LogP contribution in [0.4, 0.5) is 13.2 Å². The maximum atomic E-state index is 13.2. The minimum absolute atomic E-state index is 0.108. The molecule has 8 nitrogen and oxygen atoms in total. The van der Waals surface area contributed by atoms with E-state index in [1.54, 1.807) is 0 Å². The molecule has 11 heteroatoms. The third kappa shape index (κ3) is 3.50. The quantitative estimate of drug-likeness (QED) is 0.713. The highest BCUT2D eigenvalue weighted by Crippen LogP contribution is 2.29. The molecule has 0 aliphatic carbocycles. The summed E-state index contributed by atoms with van der Waals surface area (Å²) in [5, 5.41) is 25.4. The number of nitrogens with zero attached hydrogens (tertiary/aromatic N) is 3. The number of alkyl halides is 3. The molecule has 2 aromatic heterocycles. The van der Waals surface area contributed by atoms with Gasteiger partial charge in [0.25, 0.3) is 5.91 Å². The lowest BCUT2D eigenvalue weighted by molar-refractivity contribution is -0.142. The van der Waals surface area contributed by atoms with Crippen LogP contribution in [0.3, 0.4) is 0 Å². The lowest BCUT2D eigenvalue weighted by Crippen LogP contribution is -2.54. The number of halogens is 3. The smallest absolute Gasteiger partial charge is 0.394 e. The van der Waals surface area contributed by atoms with Crippen molar-refractivity contribution in [2.75, 3.05) is 13.2 Å². The van der Waals surface area contributed by atoms with Crippen molar-refractivity contribution in [3.8, 4) is 0 Å². The Labute approximate surface area is 145 Å². The molecule has 0 unspecified atom stereocenters. The average Bonchev–Trinajstić information content (AvgIpc) is 2.98. The number of carbonyl (C=O) groups is 1. The van der Waals surface area contributed by atoms with Gasteiger partial charge in [-0.2, -0.15) is 18.3 Å². The summed E-state index contributed by atoms with van der Waals surface area (Å²) in [5.74, 6) is -0.746. The highest BCUT2D eigenvalue weighted by atomic mass is 19.4. The van der Waals surface area contributed by atoms with E-state index < -0.39 is 42.6 Å². The molecular formula is C15H17F3N4O4. The highest BCUT2D eigenvalue weighted by molar-refractivity contribution is 5.93. The van der Waals surface area contributed by atoms with Crippen LogP contribution in [0.25, 0.3) is 5.65 Å². The van der Waals surface area contributed by atoms with Crippen molar-refractivity contribution in [2.24, 2.45) is 0 Å². The topological polar surface area (TPSA) is 109 Å². The lowest BCUT2D eigenvalue weighted by Gasteiger charge is -2.34. The third-order valence-electron chi connectivity index (χ3n) is 4.13. The van der Waals surface area contributed by atoms with Crippen molar-refractivity contribution >= 4 is 11.6 Å². The van der Waals surface area contributed by atoms with Gasteiger partial charge in [-0.05, 0) is 19.4 Å². The van der Waals surface area contributed by atoms with Gasteiger partial charge in [-0.3, -0.25) is 4.79 Å². The van der Waals surface area contributed by atoms with Gasteiger partial charge in [0.1, 0.15) is 17.9 Å². The summed E-state index contributed by atoms with van der Waals surface area (Å²) in [4.78, 5) is 16.3. The summed E-state index contributed by atoms with van der Waals surface area (Å²) in [5.41, 5.74) is -1.26. The Morgan fingerprint density at radius 2 is 2.19 bits per heavy atom. The molecule has 3 N–H and O–H groups in total. The van der Waals surface area contributed by atoms with Crippen molar-refractivity contribution in [1.29, 1.82) is 0 Å². The predicted molar refractivity (Wildman–Crippen MR) is 81.4 cm³/mol. The highest BCUT2D eigenvalue weighted by Gasteiger charge is 2.36. The van der Waals surface area contributed by atoms with E-state index >= 15 is 0 Å². The van der Waals surface area contributed by atoms with Crippen molar-refractivity contribution in [3.05, 3.63) is 29.2 Å². The van der Waals surface area contributed by atoms with Gasteiger partial charge < -0.3 is 20.3 Å². The molecular weight excluding hydrogens is 357 g/mol. The van der Waals surface area contributed by atoms with Crippen LogP contribution in [0.1, 0.15) is 28.3 Å². The summed E-state index contributed by atoms with van der Waals surface area (Å²) in [6.45, 7) is 1.22. The van der Waals surface area contributed by atoms with Gasteiger partial charge in [0, 0.05) is 18.4 Å². The predicted octanol–water partition coefficient (Wildman–Crippen LogP) is 0.297. The van der Waals surface area contributed by atoms with Crippen LogP contribution >= 0.6 is 0 Å². The number of aryl methyl sites for hydroxylation is 1. The van der Waals surface area contributed by atoms with E-state index in [2.05, 4.69) is 15.4 Å². The molecule has 1 aliphatic rings. The average molecular weight is 374 g/mol. The second-order valence-electron chi connectivity index (χ2n) is 6.03. The number of hydrogen-bond acceptors (Lipinski definition) is 6. The molecule has 0 bridgehead atoms. The standard InChI is InChI=1S/C15H17F3N4O4/c1-7-4-11(15(16,17)18)22-12(19-7)5-9(21-22)14(25)20-8-2-3-26-10(6-23)13(8)24/h4-5,8,10,13,23-24H,2-3,6H2,1H3,(H,20,25)/t8-,10+,13-/m0/s1. The van der Waals surface area contributed by atoms with Crippen LogP contribution in [-0.4, -0.2) is 62.2 Å². The number of aliphatic hydroxyl groups is 2. The molecule has 3 heterocycles. The molecule has 0 spiro atoms. The molecule has 26 heavy (non-hydrogen) atoms. The van der Waals surface area contributed by atoms with Crippen LogP contribution in [0.2, 0.25) is 0 Å². The van der Waals surface area contributed by atoms with E-state index in [-0.39, 0.29) is 23.6 Å². The molecule has 1 fully saturated rings. The summed E-state index contributed by atoms with van der Waals surface area (Å²) >= 11 is 0. The van der Waals surface area contributed by atoms with Crippen molar-refractivity contribution < 1.29 is 32.9 Å². The van der Waals surface area contributed by atoms with Crippen LogP contribution in [0, 0.1) is 6.92 Å². The summed E-state index contributed by atoms with van der Waals surface area (Å²) in [6, 6.07) is 1.28. The maximum absolute atomic E-state index is 13.2. The summed E-state index contributed by atoms with van der Waals surface area (Å²) in [6.07, 6.45) is -6.34. The molecule has 0 aromatic carbocycles. The number of fused-ring (bicyclic) bond motifs is 1. The number of amides is 1. The molecule has 3 rings (SSSR count). The Kier molecular flexibility index (Phi) is 4.86. The first-order valence-electron chi connectivity index (χ1n) is 7.86. The van der Waals surface area contributed by atoms with Crippen LogP contribution in [-0.2, 0) is 10.9 Å². The minimum atomic E-state index is -4.66. The zero-order chi connectivity index (χ0) is 19.1. The van der Waals surface area contributed by atoms with Crippen LogP contribution in [0.15, 0.2) is 12.1 Å². The molecule has 1 aliphatic heterocycles. The first kappa shape index (κ1) is 18.5. The summed E-state index contributed by atoms with van der Waals surface area (Å²) in [7, 11) is 0. The maximum Gasteiger partial charge on any atom is 0.433 e. The first-order chi connectivity index (χ1) is 12.2. The van der Waals surface area contributed by atoms with E-state index in [0.717, 1.165) is 12.1 Å². The fourth-order valence-electron chi connectivity index (χ4n) is 2.85. The van der Waals surface area contributed by atoms with E-state index in [0.29, 0.717) is 10.9 Å². The number of carbonyl (C=O) groups excluding carboxylic acids is 1. The van der Waals surface area contributed by atoms with Gasteiger partial charge in [0.15, 0.2) is 11.3 Å². The number of aliphatic hydroxyl groups excluding tert-OH is 2. The third-order valence-corrected chi connectivity index (χ3v) is 4.13. The number of aromatic nitrogens is 3. The second-order valence-corrected chi connectivity index (χ2v) is 6.03. The van der Waals surface area contributed by atoms with Crippen LogP contribution in [0.5, 0.6) is 0 Å². The largest absolute Gasteiger partial charge is 0.433 e. The van der Waals surface area contributed by atoms with Crippen molar-refractivity contribution in [3.63, 3.8) is 0 Å². The van der Waals surface area contributed by atoms with Gasteiger partial charge in [-0.1, -0.05) is 0 Å². The molecule has 3 atom stereocenters. The molecule has 142 valence electrons. The van der Waals surface area contributed by atoms with Crippen molar-refractivity contribution in [2.45, 2.75) is 37.8 Å². The molecule has 1 saturated heterocycles. The monoisotopic (exact) mass is 374 g/mol. The fourth-order valence-corrected chi connectivity index (χ4v) is 2.85. The van der Waals surface area contributed by atoms with Gasteiger partial charge >= 0.3 is 6.18 Å². The SMILES string of the molecule is Cc1cc(C(F)(F)F)n2nc(C(=O)N[C@H]3CCO[C@H](CO)[C@H]3O)cc2n1. The number of rotatable bonds is 3.